The van der Waals surface area contributed by atoms with E-state index >= 15 is 0 Å². The van der Waals surface area contributed by atoms with Crippen molar-refractivity contribution in [3.63, 3.8) is 0 Å². The summed E-state index contributed by atoms with van der Waals surface area (Å²) in [4.78, 5) is 18.8. The van der Waals surface area contributed by atoms with Crippen LogP contribution >= 0.6 is 0 Å². The van der Waals surface area contributed by atoms with E-state index in [2.05, 4.69) is 16.9 Å². The highest BCUT2D eigenvalue weighted by Crippen LogP contribution is 2.31. The first-order valence-corrected chi connectivity index (χ1v) is 12.2. The van der Waals surface area contributed by atoms with Gasteiger partial charge in [0, 0.05) is 26.2 Å². The van der Waals surface area contributed by atoms with E-state index in [1.54, 1.807) is 18.7 Å². The molecule has 0 unspecified atom stereocenters. The first-order valence-electron chi connectivity index (χ1n) is 10.7. The Hall–Kier alpha value is -2.76. The molecular weight excluding hydrogens is 451 g/mol. The van der Waals surface area contributed by atoms with Gasteiger partial charge in [-0.3, -0.25) is 4.79 Å². The highest BCUT2D eigenvalue weighted by atomic mass is 32.2. The number of morpholine rings is 1. The smallest absolute Gasteiger partial charge is 0.274 e. The molecule has 3 aliphatic rings. The third-order valence-electron chi connectivity index (χ3n) is 5.98. The molecule has 0 aliphatic carbocycles. The average Bonchev–Trinajstić information content (AvgIpc) is 3.31. The van der Waals surface area contributed by atoms with Crippen molar-refractivity contribution in [2.45, 2.75) is 43.7 Å². The van der Waals surface area contributed by atoms with Crippen molar-refractivity contribution in [1.82, 2.24) is 14.5 Å². The molecule has 0 bridgehead atoms. The van der Waals surface area contributed by atoms with Crippen LogP contribution in [0.4, 0.5) is 4.39 Å². The van der Waals surface area contributed by atoms with Crippen molar-refractivity contribution in [2.75, 3.05) is 26.2 Å². The zero-order chi connectivity index (χ0) is 24.0. The molecule has 0 atom stereocenters. The van der Waals surface area contributed by atoms with Gasteiger partial charge in [-0.25, -0.2) is 17.8 Å². The molecule has 178 valence electrons. The van der Waals surface area contributed by atoms with Gasteiger partial charge >= 0.3 is 0 Å². The Morgan fingerprint density at radius 3 is 2.70 bits per heavy atom. The van der Waals surface area contributed by atoms with Crippen LogP contribution in [-0.2, 0) is 26.1 Å². The molecule has 9 nitrogen and oxygen atoms in total. The predicted molar refractivity (Wildman–Crippen MR) is 119 cm³/mol. The lowest BCUT2D eigenvalue weighted by molar-refractivity contribution is -0.118. The molecule has 0 aromatic heterocycles. The van der Waals surface area contributed by atoms with Gasteiger partial charge in [0.1, 0.15) is 17.3 Å². The lowest BCUT2D eigenvalue weighted by Crippen LogP contribution is -2.54. The second-order valence-electron chi connectivity index (χ2n) is 8.64. The van der Waals surface area contributed by atoms with Gasteiger partial charge < -0.3 is 20.1 Å². The number of aliphatic hydroxyl groups is 1. The topological polar surface area (TPSA) is 112 Å². The first-order chi connectivity index (χ1) is 15.5. The standard InChI is InChI=1S/C22H27FN4O5S/c1-14-19(28)18(25-21-22(2,3)32-11-10-27(14)21)20(29)24-13-15-6-7-16(23)12-17(15)33(30,31)26-8-4-5-9-26/h6-7,12,28H,1,4-5,8-11,13H2,2-3H3,(H,24,29). The van der Waals surface area contributed by atoms with Crippen LogP contribution in [0.5, 0.6) is 0 Å². The summed E-state index contributed by atoms with van der Waals surface area (Å²) in [5.74, 6) is -1.31. The fourth-order valence-electron chi connectivity index (χ4n) is 4.17. The van der Waals surface area contributed by atoms with Crippen LogP contribution in [0.2, 0.25) is 0 Å². The lowest BCUT2D eigenvalue weighted by atomic mass is 10.0. The Morgan fingerprint density at radius 2 is 2.00 bits per heavy atom. The van der Waals surface area contributed by atoms with Gasteiger partial charge in [-0.2, -0.15) is 4.31 Å². The minimum Gasteiger partial charge on any atom is -0.504 e. The number of amidine groups is 1. The summed E-state index contributed by atoms with van der Waals surface area (Å²) in [5, 5.41) is 13.2. The molecule has 1 amide bonds. The van der Waals surface area contributed by atoms with Crippen molar-refractivity contribution in [3.05, 3.63) is 53.3 Å². The molecule has 0 radical (unpaired) electrons. The van der Waals surface area contributed by atoms with Gasteiger partial charge in [-0.15, -0.1) is 0 Å². The molecule has 3 heterocycles. The summed E-state index contributed by atoms with van der Waals surface area (Å²) in [6.45, 7) is 8.88. The third-order valence-corrected chi connectivity index (χ3v) is 7.96. The molecular formula is C22H27FN4O5S. The minimum atomic E-state index is -3.90. The largest absolute Gasteiger partial charge is 0.504 e. The van der Waals surface area contributed by atoms with Gasteiger partial charge in [0.05, 0.1) is 17.2 Å². The number of sulfonamides is 1. The fourth-order valence-corrected chi connectivity index (χ4v) is 5.92. The van der Waals surface area contributed by atoms with E-state index in [0.717, 1.165) is 25.0 Å². The number of hydrogen-bond acceptors (Lipinski definition) is 7. The van der Waals surface area contributed by atoms with Crippen LogP contribution in [0.1, 0.15) is 32.3 Å². The maximum atomic E-state index is 13.9. The predicted octanol–water partition coefficient (Wildman–Crippen LogP) is 2.03. The second kappa shape index (κ2) is 8.54. The molecule has 2 fully saturated rings. The molecule has 0 spiro atoms. The molecule has 33 heavy (non-hydrogen) atoms. The van der Waals surface area contributed by atoms with Crippen molar-refractivity contribution >= 4 is 21.8 Å². The number of carbonyl (C=O) groups is 1. The highest BCUT2D eigenvalue weighted by molar-refractivity contribution is 7.89. The number of fused-ring (bicyclic) bond motifs is 1. The zero-order valence-corrected chi connectivity index (χ0v) is 19.4. The van der Waals surface area contributed by atoms with Crippen LogP contribution in [-0.4, -0.2) is 66.3 Å². The summed E-state index contributed by atoms with van der Waals surface area (Å²) >= 11 is 0. The second-order valence-corrected chi connectivity index (χ2v) is 10.5. The van der Waals surface area contributed by atoms with Crippen molar-refractivity contribution < 1.29 is 27.4 Å². The average molecular weight is 479 g/mol. The summed E-state index contributed by atoms with van der Waals surface area (Å²) in [6, 6.07) is 3.44. The number of ether oxygens (including phenoxy) is 1. The number of rotatable bonds is 5. The van der Waals surface area contributed by atoms with E-state index in [9.17, 15) is 22.7 Å². The Kier molecular flexibility index (Phi) is 6.06. The first kappa shape index (κ1) is 23.4. The summed E-state index contributed by atoms with van der Waals surface area (Å²) in [7, 11) is -3.90. The van der Waals surface area contributed by atoms with E-state index in [4.69, 9.17) is 4.74 Å². The number of hydrogen-bond donors (Lipinski definition) is 2. The molecule has 1 aromatic rings. The van der Waals surface area contributed by atoms with E-state index in [0.29, 0.717) is 32.1 Å². The SMILES string of the molecule is C=C1C(O)=C(C(=O)NCc2ccc(F)cc2S(=O)(=O)N2CCCC2)N=C2N1CCOC2(C)C. The van der Waals surface area contributed by atoms with Gasteiger partial charge in [0.15, 0.2) is 11.5 Å². The maximum Gasteiger partial charge on any atom is 0.274 e. The number of carbonyl (C=O) groups excluding carboxylic acids is 1. The summed E-state index contributed by atoms with van der Waals surface area (Å²) in [5.41, 5.74) is -0.556. The molecule has 3 aliphatic heterocycles. The number of amides is 1. The normalized spacial score (nSPS) is 21.1. The third kappa shape index (κ3) is 4.28. The van der Waals surface area contributed by atoms with E-state index in [1.807, 2.05) is 0 Å². The highest BCUT2D eigenvalue weighted by Gasteiger charge is 2.41. The van der Waals surface area contributed by atoms with Crippen LogP contribution in [0.3, 0.4) is 0 Å². The lowest BCUT2D eigenvalue weighted by Gasteiger charge is -2.43. The van der Waals surface area contributed by atoms with Gasteiger partial charge in [0.25, 0.3) is 5.91 Å². The van der Waals surface area contributed by atoms with Gasteiger partial charge in [-0.05, 0) is 44.4 Å². The molecule has 4 rings (SSSR count). The number of aliphatic hydroxyl groups excluding tert-OH is 1. The van der Waals surface area contributed by atoms with Crippen LogP contribution in [0.25, 0.3) is 0 Å². The monoisotopic (exact) mass is 478 g/mol. The van der Waals surface area contributed by atoms with E-state index in [1.165, 1.54) is 10.4 Å². The Morgan fingerprint density at radius 1 is 1.30 bits per heavy atom. The molecule has 1 aromatic carbocycles. The summed E-state index contributed by atoms with van der Waals surface area (Å²) in [6.07, 6.45) is 1.49. The molecule has 0 saturated carbocycles. The molecule has 11 heteroatoms. The number of benzene rings is 1. The van der Waals surface area contributed by atoms with Gasteiger partial charge in [-0.1, -0.05) is 12.6 Å². The summed E-state index contributed by atoms with van der Waals surface area (Å²) < 4.78 is 47.0. The Balaban J connectivity index is 1.59. The van der Waals surface area contributed by atoms with Crippen molar-refractivity contribution in [1.29, 1.82) is 0 Å². The Bertz CT molecular complexity index is 1170. The minimum absolute atomic E-state index is 0.185. The van der Waals surface area contributed by atoms with Crippen LogP contribution < -0.4 is 5.32 Å². The zero-order valence-electron chi connectivity index (χ0n) is 18.6. The number of aliphatic imine (C=N–C) groups is 1. The van der Waals surface area contributed by atoms with E-state index in [-0.39, 0.29) is 34.2 Å². The van der Waals surface area contributed by atoms with Crippen molar-refractivity contribution in [2.24, 2.45) is 4.99 Å². The Labute approximate surface area is 192 Å². The quantitative estimate of drug-likeness (QED) is 0.670. The van der Waals surface area contributed by atoms with Gasteiger partial charge in [0.2, 0.25) is 10.0 Å². The maximum absolute atomic E-state index is 13.9. The van der Waals surface area contributed by atoms with E-state index < -0.39 is 27.3 Å². The van der Waals surface area contributed by atoms with Crippen molar-refractivity contribution in [3.8, 4) is 0 Å². The fraction of sp³-hybridized carbons (Fsp3) is 0.455. The number of nitrogens with one attached hydrogen (secondary N) is 1. The number of halogens is 1. The van der Waals surface area contributed by atoms with Crippen LogP contribution in [0, 0.1) is 5.82 Å². The number of nitrogens with zero attached hydrogens (tertiary/aromatic N) is 3. The molecule has 2 saturated heterocycles. The van der Waals surface area contributed by atoms with Crippen LogP contribution in [0.15, 0.2) is 51.8 Å². The molecule has 2 N–H and O–H groups in total.